The molecule has 1 aliphatic rings. The first-order valence-corrected chi connectivity index (χ1v) is 6.18. The number of carbonyl (C=O) groups is 2. The standard InChI is InChI=1S/C14H17NO3/c15-13-7-12-9(8-16)3-1-4-10(12)11(13)5-2-6-14(17)18/h1,3-4,8,11,13H,2,5-7,15H2,(H,17,18). The van der Waals surface area contributed by atoms with Gasteiger partial charge in [0.2, 0.25) is 0 Å². The van der Waals surface area contributed by atoms with Crippen LogP contribution in [0, 0.1) is 0 Å². The van der Waals surface area contributed by atoms with Crippen molar-refractivity contribution < 1.29 is 14.7 Å². The van der Waals surface area contributed by atoms with Crippen LogP contribution in [0.3, 0.4) is 0 Å². The first-order chi connectivity index (χ1) is 8.63. The number of hydrogen-bond acceptors (Lipinski definition) is 3. The third-order valence-electron chi connectivity index (χ3n) is 3.64. The number of carboxylic acid groups (broad SMARTS) is 1. The van der Waals surface area contributed by atoms with Gasteiger partial charge in [-0.1, -0.05) is 18.2 Å². The van der Waals surface area contributed by atoms with Crippen molar-refractivity contribution in [1.82, 2.24) is 0 Å². The normalized spacial score (nSPS) is 21.6. The summed E-state index contributed by atoms with van der Waals surface area (Å²) in [6.07, 6.45) is 3.14. The molecule has 0 heterocycles. The molecule has 1 aliphatic carbocycles. The maximum atomic E-state index is 11.0. The molecule has 2 unspecified atom stereocenters. The first-order valence-electron chi connectivity index (χ1n) is 6.18. The van der Waals surface area contributed by atoms with Crippen molar-refractivity contribution in [2.24, 2.45) is 5.73 Å². The van der Waals surface area contributed by atoms with E-state index in [1.165, 1.54) is 0 Å². The summed E-state index contributed by atoms with van der Waals surface area (Å²) in [5.41, 5.74) is 8.98. The van der Waals surface area contributed by atoms with Crippen LogP contribution in [-0.4, -0.2) is 23.4 Å². The maximum Gasteiger partial charge on any atom is 0.303 e. The van der Waals surface area contributed by atoms with Crippen molar-refractivity contribution in [3.8, 4) is 0 Å². The highest BCUT2D eigenvalue weighted by Crippen LogP contribution is 2.37. The molecule has 1 aromatic rings. The summed E-state index contributed by atoms with van der Waals surface area (Å²) in [6, 6.07) is 5.67. The fourth-order valence-electron chi connectivity index (χ4n) is 2.77. The van der Waals surface area contributed by atoms with Gasteiger partial charge in [-0.3, -0.25) is 9.59 Å². The second kappa shape index (κ2) is 5.31. The number of aliphatic carboxylic acids is 1. The van der Waals surface area contributed by atoms with E-state index in [9.17, 15) is 9.59 Å². The van der Waals surface area contributed by atoms with Crippen LogP contribution in [0.4, 0.5) is 0 Å². The molecule has 2 rings (SSSR count). The summed E-state index contributed by atoms with van der Waals surface area (Å²) in [4.78, 5) is 21.5. The lowest BCUT2D eigenvalue weighted by Gasteiger charge is -2.16. The predicted molar refractivity (Wildman–Crippen MR) is 67.7 cm³/mol. The molecule has 0 radical (unpaired) electrons. The average molecular weight is 247 g/mol. The molecule has 0 fully saturated rings. The van der Waals surface area contributed by atoms with E-state index in [0.717, 1.165) is 23.8 Å². The summed E-state index contributed by atoms with van der Waals surface area (Å²) in [6.45, 7) is 0. The Labute approximate surface area is 106 Å². The predicted octanol–water partition coefficient (Wildman–Crippen LogP) is 1.72. The maximum absolute atomic E-state index is 11.0. The third-order valence-corrected chi connectivity index (χ3v) is 3.64. The van der Waals surface area contributed by atoms with Crippen LogP contribution < -0.4 is 5.73 Å². The number of benzene rings is 1. The Morgan fingerprint density at radius 2 is 2.28 bits per heavy atom. The molecule has 0 amide bonds. The molecule has 18 heavy (non-hydrogen) atoms. The second-order valence-corrected chi connectivity index (χ2v) is 4.79. The van der Waals surface area contributed by atoms with E-state index in [2.05, 4.69) is 0 Å². The molecule has 0 bridgehead atoms. The Kier molecular flexibility index (Phi) is 3.77. The fourth-order valence-corrected chi connectivity index (χ4v) is 2.77. The number of nitrogens with two attached hydrogens (primary N) is 1. The van der Waals surface area contributed by atoms with E-state index in [0.29, 0.717) is 18.4 Å². The molecule has 2 atom stereocenters. The molecule has 0 aliphatic heterocycles. The Bertz CT molecular complexity index is 470. The lowest BCUT2D eigenvalue weighted by molar-refractivity contribution is -0.137. The smallest absolute Gasteiger partial charge is 0.303 e. The van der Waals surface area contributed by atoms with Gasteiger partial charge in [0.15, 0.2) is 0 Å². The highest BCUT2D eigenvalue weighted by atomic mass is 16.4. The topological polar surface area (TPSA) is 80.4 Å². The molecule has 4 heteroatoms. The van der Waals surface area contributed by atoms with Gasteiger partial charge in [0.1, 0.15) is 6.29 Å². The van der Waals surface area contributed by atoms with Crippen LogP contribution in [0.1, 0.15) is 46.7 Å². The zero-order valence-electron chi connectivity index (χ0n) is 10.1. The summed E-state index contributed by atoms with van der Waals surface area (Å²) in [5.74, 6) is -0.595. The van der Waals surface area contributed by atoms with Crippen molar-refractivity contribution in [3.63, 3.8) is 0 Å². The van der Waals surface area contributed by atoms with Gasteiger partial charge in [0.25, 0.3) is 0 Å². The number of carbonyl (C=O) groups excluding carboxylic acids is 1. The van der Waals surface area contributed by atoms with Gasteiger partial charge in [-0.15, -0.1) is 0 Å². The highest BCUT2D eigenvalue weighted by Gasteiger charge is 2.30. The van der Waals surface area contributed by atoms with Crippen molar-refractivity contribution in [2.45, 2.75) is 37.6 Å². The molecule has 1 aromatic carbocycles. The summed E-state index contributed by atoms with van der Waals surface area (Å²) >= 11 is 0. The molecule has 3 N–H and O–H groups in total. The van der Waals surface area contributed by atoms with Gasteiger partial charge in [-0.25, -0.2) is 0 Å². The Morgan fingerprint density at radius 1 is 1.50 bits per heavy atom. The molecule has 0 saturated heterocycles. The minimum Gasteiger partial charge on any atom is -0.481 e. The van der Waals surface area contributed by atoms with Gasteiger partial charge in [-0.2, -0.15) is 0 Å². The lowest BCUT2D eigenvalue weighted by Crippen LogP contribution is -2.25. The molecular formula is C14H17NO3. The minimum absolute atomic E-state index is 0.00473. The van der Waals surface area contributed by atoms with Crippen LogP contribution in [0.2, 0.25) is 0 Å². The Hall–Kier alpha value is -1.68. The van der Waals surface area contributed by atoms with Gasteiger partial charge in [-0.05, 0) is 36.3 Å². The Morgan fingerprint density at radius 3 is 2.94 bits per heavy atom. The van der Waals surface area contributed by atoms with Gasteiger partial charge in [0, 0.05) is 18.0 Å². The van der Waals surface area contributed by atoms with E-state index >= 15 is 0 Å². The van der Waals surface area contributed by atoms with Crippen LogP contribution in [0.5, 0.6) is 0 Å². The SMILES string of the molecule is NC1Cc2c(C=O)cccc2C1CCCC(=O)O. The van der Waals surface area contributed by atoms with Gasteiger partial charge < -0.3 is 10.8 Å². The van der Waals surface area contributed by atoms with E-state index in [1.807, 2.05) is 12.1 Å². The average Bonchev–Trinajstić information content (AvgIpc) is 2.65. The largest absolute Gasteiger partial charge is 0.481 e. The second-order valence-electron chi connectivity index (χ2n) is 4.79. The number of hydrogen-bond donors (Lipinski definition) is 2. The zero-order valence-corrected chi connectivity index (χ0v) is 10.1. The number of aldehydes is 1. The fraction of sp³-hybridized carbons (Fsp3) is 0.429. The van der Waals surface area contributed by atoms with Crippen molar-refractivity contribution >= 4 is 12.3 Å². The summed E-state index contributed by atoms with van der Waals surface area (Å²) < 4.78 is 0. The van der Waals surface area contributed by atoms with Crippen molar-refractivity contribution in [3.05, 3.63) is 34.9 Å². The monoisotopic (exact) mass is 247 g/mol. The highest BCUT2D eigenvalue weighted by molar-refractivity contribution is 5.78. The summed E-state index contributed by atoms with van der Waals surface area (Å²) in [5, 5.41) is 8.65. The van der Waals surface area contributed by atoms with Crippen LogP contribution >= 0.6 is 0 Å². The van der Waals surface area contributed by atoms with Gasteiger partial charge >= 0.3 is 5.97 Å². The minimum atomic E-state index is -0.775. The molecule has 4 nitrogen and oxygen atoms in total. The number of fused-ring (bicyclic) bond motifs is 1. The van der Waals surface area contributed by atoms with Crippen molar-refractivity contribution in [1.29, 1.82) is 0 Å². The van der Waals surface area contributed by atoms with Crippen LogP contribution in [0.15, 0.2) is 18.2 Å². The third kappa shape index (κ3) is 2.43. The molecular weight excluding hydrogens is 230 g/mol. The zero-order chi connectivity index (χ0) is 13.1. The van der Waals surface area contributed by atoms with E-state index < -0.39 is 5.97 Å². The molecule has 0 aromatic heterocycles. The van der Waals surface area contributed by atoms with Gasteiger partial charge in [0.05, 0.1) is 0 Å². The number of rotatable bonds is 5. The molecule has 0 spiro atoms. The molecule has 96 valence electrons. The Balaban J connectivity index is 2.15. The van der Waals surface area contributed by atoms with E-state index in [-0.39, 0.29) is 18.4 Å². The van der Waals surface area contributed by atoms with Crippen LogP contribution in [0.25, 0.3) is 0 Å². The van der Waals surface area contributed by atoms with Crippen molar-refractivity contribution in [2.75, 3.05) is 0 Å². The first kappa shape index (κ1) is 12.8. The number of carboxylic acids is 1. The lowest BCUT2D eigenvalue weighted by atomic mass is 9.92. The summed E-state index contributed by atoms with van der Waals surface area (Å²) in [7, 11) is 0. The molecule has 0 saturated carbocycles. The van der Waals surface area contributed by atoms with Crippen LogP contribution in [-0.2, 0) is 11.2 Å². The van der Waals surface area contributed by atoms with E-state index in [4.69, 9.17) is 10.8 Å². The quantitative estimate of drug-likeness (QED) is 0.776. The van der Waals surface area contributed by atoms with E-state index in [1.54, 1.807) is 6.07 Å².